The van der Waals surface area contributed by atoms with Gasteiger partial charge in [0.15, 0.2) is 0 Å². The molecule has 5 rings (SSSR count). The quantitative estimate of drug-likeness (QED) is 0.201. The summed E-state index contributed by atoms with van der Waals surface area (Å²) in [5.41, 5.74) is 8.42. The molecule has 0 saturated carbocycles. The van der Waals surface area contributed by atoms with E-state index >= 15 is 0 Å². The Labute approximate surface area is 206 Å². The minimum Gasteiger partial charge on any atom is -0.494 e. The van der Waals surface area contributed by atoms with E-state index in [2.05, 4.69) is 22.7 Å². The molecule has 3 aromatic carbocycles. The first-order chi connectivity index (χ1) is 16.8. The SMILES string of the molecule is CC(=NNC(=S)c1ccc(C(=O)O)cc1)c1c(O)n(-c2ccc3c(c2)CCC3)c2ccc(F)cc12. The number of carboxylic acid groups (broad SMARTS) is 1. The van der Waals surface area contributed by atoms with Crippen LogP contribution in [0.3, 0.4) is 0 Å². The summed E-state index contributed by atoms with van der Waals surface area (Å²) in [6.45, 7) is 1.70. The van der Waals surface area contributed by atoms with Gasteiger partial charge >= 0.3 is 5.97 Å². The van der Waals surface area contributed by atoms with Gasteiger partial charge in [-0.15, -0.1) is 0 Å². The smallest absolute Gasteiger partial charge is 0.335 e. The van der Waals surface area contributed by atoms with Gasteiger partial charge in [0.2, 0.25) is 5.88 Å². The summed E-state index contributed by atoms with van der Waals surface area (Å²) < 4.78 is 15.9. The first-order valence-electron chi connectivity index (χ1n) is 11.2. The molecular formula is C27H22FN3O3S. The molecule has 6 nitrogen and oxygen atoms in total. The van der Waals surface area contributed by atoms with Gasteiger partial charge in [-0.3, -0.25) is 9.99 Å². The zero-order valence-electron chi connectivity index (χ0n) is 18.9. The third-order valence-corrected chi connectivity index (χ3v) is 6.65. The number of rotatable bonds is 5. The van der Waals surface area contributed by atoms with Crippen molar-refractivity contribution < 1.29 is 19.4 Å². The fourth-order valence-corrected chi connectivity index (χ4v) is 4.77. The highest BCUT2D eigenvalue weighted by Gasteiger charge is 2.22. The number of fused-ring (bicyclic) bond motifs is 2. The molecule has 3 N–H and O–H groups in total. The molecule has 4 aromatic rings. The normalized spacial score (nSPS) is 13.1. The Morgan fingerprint density at radius 1 is 1.03 bits per heavy atom. The van der Waals surface area contributed by atoms with E-state index in [9.17, 15) is 14.3 Å². The Kier molecular flexibility index (Phi) is 5.82. The van der Waals surface area contributed by atoms with Crippen molar-refractivity contribution >= 4 is 39.8 Å². The summed E-state index contributed by atoms with van der Waals surface area (Å²) in [6.07, 6.45) is 3.17. The molecule has 176 valence electrons. The zero-order chi connectivity index (χ0) is 24.7. The summed E-state index contributed by atoms with van der Waals surface area (Å²) in [4.78, 5) is 11.3. The van der Waals surface area contributed by atoms with Crippen molar-refractivity contribution in [3.63, 3.8) is 0 Å². The molecule has 0 atom stereocenters. The standard InChI is InChI=1S/C27H22FN3O3S/c1-15(29-30-25(35)17-5-7-18(8-6-17)27(33)34)24-22-14-20(28)10-12-23(22)31(26(24)32)21-11-9-16-3-2-4-19(16)13-21/h5-14,32H,2-4H2,1H3,(H,30,35)(H,33,34). The van der Waals surface area contributed by atoms with E-state index in [-0.39, 0.29) is 16.4 Å². The summed E-state index contributed by atoms with van der Waals surface area (Å²) in [5, 5.41) is 25.2. The Bertz CT molecular complexity index is 1520. The van der Waals surface area contributed by atoms with Crippen LogP contribution < -0.4 is 5.43 Å². The van der Waals surface area contributed by atoms with Gasteiger partial charge in [0.1, 0.15) is 10.8 Å². The molecule has 0 aliphatic heterocycles. The van der Waals surface area contributed by atoms with E-state index in [4.69, 9.17) is 17.3 Å². The number of carbonyl (C=O) groups is 1. The Hall–Kier alpha value is -4.04. The highest BCUT2D eigenvalue weighted by Crippen LogP contribution is 2.36. The van der Waals surface area contributed by atoms with Crippen LogP contribution in [0.4, 0.5) is 4.39 Å². The highest BCUT2D eigenvalue weighted by molar-refractivity contribution is 7.80. The largest absolute Gasteiger partial charge is 0.494 e. The number of aromatic hydroxyl groups is 1. The molecule has 0 fully saturated rings. The number of halogens is 1. The minimum absolute atomic E-state index is 0.0386. The van der Waals surface area contributed by atoms with Gasteiger partial charge in [0, 0.05) is 16.6 Å². The monoisotopic (exact) mass is 487 g/mol. The number of aromatic nitrogens is 1. The summed E-state index contributed by atoms with van der Waals surface area (Å²) in [6, 6.07) is 16.6. The van der Waals surface area contributed by atoms with Gasteiger partial charge in [-0.05, 0) is 79.8 Å². The molecule has 35 heavy (non-hydrogen) atoms. The second-order valence-corrected chi connectivity index (χ2v) is 8.93. The molecule has 0 unspecified atom stereocenters. The molecule has 1 heterocycles. The van der Waals surface area contributed by atoms with Crippen LogP contribution in [0, 0.1) is 5.82 Å². The van der Waals surface area contributed by atoms with Gasteiger partial charge in [-0.2, -0.15) is 5.10 Å². The molecular weight excluding hydrogens is 465 g/mol. The summed E-state index contributed by atoms with van der Waals surface area (Å²) in [5.74, 6) is -1.48. The minimum atomic E-state index is -1.02. The first kappa shape index (κ1) is 22.7. The van der Waals surface area contributed by atoms with Crippen molar-refractivity contribution in [3.05, 3.63) is 94.3 Å². The third-order valence-electron chi connectivity index (χ3n) is 6.33. The van der Waals surface area contributed by atoms with Crippen LogP contribution in [-0.2, 0) is 12.8 Å². The number of carboxylic acids is 1. The van der Waals surface area contributed by atoms with Crippen LogP contribution in [-0.4, -0.2) is 31.4 Å². The number of nitrogens with one attached hydrogen (secondary N) is 1. The number of hydrogen-bond acceptors (Lipinski definition) is 4. The summed E-state index contributed by atoms with van der Waals surface area (Å²) in [7, 11) is 0. The molecule has 1 aliphatic carbocycles. The van der Waals surface area contributed by atoms with Gasteiger partial charge in [-0.1, -0.05) is 30.4 Å². The van der Waals surface area contributed by atoms with Gasteiger partial charge in [-0.25, -0.2) is 9.18 Å². The van der Waals surface area contributed by atoms with Crippen molar-refractivity contribution in [2.24, 2.45) is 5.10 Å². The van der Waals surface area contributed by atoms with Crippen molar-refractivity contribution in [1.82, 2.24) is 9.99 Å². The van der Waals surface area contributed by atoms with Crippen molar-refractivity contribution in [2.75, 3.05) is 0 Å². The Morgan fingerprint density at radius 3 is 2.49 bits per heavy atom. The predicted molar refractivity (Wildman–Crippen MR) is 137 cm³/mol. The maximum atomic E-state index is 14.2. The van der Waals surface area contributed by atoms with Crippen molar-refractivity contribution in [2.45, 2.75) is 26.2 Å². The van der Waals surface area contributed by atoms with Gasteiger partial charge in [0.05, 0.1) is 22.4 Å². The molecule has 0 saturated heterocycles. The fraction of sp³-hybridized carbons (Fsp3) is 0.148. The maximum absolute atomic E-state index is 14.2. The second kappa shape index (κ2) is 8.96. The first-order valence-corrected chi connectivity index (χ1v) is 11.6. The molecule has 1 aliphatic rings. The lowest BCUT2D eigenvalue weighted by molar-refractivity contribution is 0.0697. The third kappa shape index (κ3) is 4.17. The number of benzene rings is 3. The topological polar surface area (TPSA) is 86.8 Å². The molecule has 1 aromatic heterocycles. The van der Waals surface area contributed by atoms with E-state index in [1.54, 1.807) is 29.7 Å². The number of hydrogen-bond donors (Lipinski definition) is 3. The van der Waals surface area contributed by atoms with Crippen LogP contribution in [0.5, 0.6) is 5.88 Å². The van der Waals surface area contributed by atoms with E-state index in [0.29, 0.717) is 27.7 Å². The van der Waals surface area contributed by atoms with Crippen LogP contribution in [0.2, 0.25) is 0 Å². The van der Waals surface area contributed by atoms with Crippen LogP contribution in [0.1, 0.15) is 46.0 Å². The molecule has 8 heteroatoms. The molecule has 0 amide bonds. The lowest BCUT2D eigenvalue weighted by Gasteiger charge is -2.10. The molecule has 0 radical (unpaired) electrons. The second-order valence-electron chi connectivity index (χ2n) is 8.52. The fourth-order valence-electron chi connectivity index (χ4n) is 4.58. The lowest BCUT2D eigenvalue weighted by Crippen LogP contribution is -2.18. The van der Waals surface area contributed by atoms with E-state index < -0.39 is 11.8 Å². The maximum Gasteiger partial charge on any atom is 0.335 e. The van der Waals surface area contributed by atoms with Crippen LogP contribution >= 0.6 is 12.2 Å². The Morgan fingerprint density at radius 2 is 1.74 bits per heavy atom. The number of hydrazone groups is 1. The van der Waals surface area contributed by atoms with E-state index in [1.165, 1.54) is 35.4 Å². The van der Waals surface area contributed by atoms with Gasteiger partial charge in [0.25, 0.3) is 0 Å². The zero-order valence-corrected chi connectivity index (χ0v) is 19.7. The average molecular weight is 488 g/mol. The highest BCUT2D eigenvalue weighted by atomic mass is 32.1. The predicted octanol–water partition coefficient (Wildman–Crippen LogP) is 5.35. The number of aryl methyl sites for hydroxylation is 2. The number of aromatic carboxylic acids is 1. The lowest BCUT2D eigenvalue weighted by atomic mass is 10.1. The van der Waals surface area contributed by atoms with Crippen molar-refractivity contribution in [3.8, 4) is 11.6 Å². The van der Waals surface area contributed by atoms with Gasteiger partial charge < -0.3 is 10.2 Å². The van der Waals surface area contributed by atoms with Crippen LogP contribution in [0.15, 0.2) is 65.8 Å². The Balaban J connectivity index is 1.52. The average Bonchev–Trinajstić information content (AvgIpc) is 3.43. The summed E-state index contributed by atoms with van der Waals surface area (Å²) >= 11 is 5.38. The van der Waals surface area contributed by atoms with Crippen molar-refractivity contribution in [1.29, 1.82) is 0 Å². The van der Waals surface area contributed by atoms with E-state index in [1.807, 2.05) is 6.07 Å². The number of nitrogens with zero attached hydrogens (tertiary/aromatic N) is 2. The van der Waals surface area contributed by atoms with E-state index in [0.717, 1.165) is 24.9 Å². The van der Waals surface area contributed by atoms with Crippen LogP contribution in [0.25, 0.3) is 16.6 Å². The molecule has 0 spiro atoms. The molecule has 0 bridgehead atoms. The number of thiocarbonyl (C=S) groups is 1.